The highest BCUT2D eigenvalue weighted by Crippen LogP contribution is 2.33. The van der Waals surface area contributed by atoms with E-state index in [1.807, 2.05) is 26.0 Å². The topological polar surface area (TPSA) is 9.23 Å². The second kappa shape index (κ2) is 5.93. The molecule has 2 aromatic rings. The maximum absolute atomic E-state index is 13.8. The fourth-order valence-electron chi connectivity index (χ4n) is 1.86. The number of aryl methyl sites for hydroxylation is 2. The van der Waals surface area contributed by atoms with Crippen LogP contribution in [0.4, 0.5) is 4.39 Å². The van der Waals surface area contributed by atoms with Crippen LogP contribution in [0, 0.1) is 19.7 Å². The predicted molar refractivity (Wildman–Crippen MR) is 79.6 cm³/mol. The van der Waals surface area contributed by atoms with E-state index in [1.165, 1.54) is 6.07 Å². The Balaban J connectivity index is 2.42. The molecule has 0 unspecified atom stereocenters. The molecule has 0 saturated carbocycles. The van der Waals surface area contributed by atoms with Crippen LogP contribution in [0.1, 0.15) is 16.7 Å². The molecule has 4 heteroatoms. The number of ether oxygens (including phenoxy) is 1. The van der Waals surface area contributed by atoms with Crippen molar-refractivity contribution in [2.45, 2.75) is 19.7 Å². The van der Waals surface area contributed by atoms with Crippen molar-refractivity contribution in [2.75, 3.05) is 0 Å². The summed E-state index contributed by atoms with van der Waals surface area (Å²) in [6.45, 7) is 3.93. The second-order valence-corrected chi connectivity index (χ2v) is 5.40. The molecule has 100 valence electrons. The van der Waals surface area contributed by atoms with Crippen LogP contribution in [-0.2, 0) is 5.88 Å². The van der Waals surface area contributed by atoms with Gasteiger partial charge >= 0.3 is 0 Å². The number of hydrogen-bond acceptors (Lipinski definition) is 1. The highest BCUT2D eigenvalue weighted by Gasteiger charge is 2.11. The summed E-state index contributed by atoms with van der Waals surface area (Å²) in [5, 5.41) is 0. The third kappa shape index (κ3) is 3.10. The van der Waals surface area contributed by atoms with Gasteiger partial charge in [0.1, 0.15) is 5.75 Å². The van der Waals surface area contributed by atoms with Gasteiger partial charge in [-0.05, 0) is 43.2 Å². The molecule has 0 bridgehead atoms. The Morgan fingerprint density at radius 1 is 1.21 bits per heavy atom. The van der Waals surface area contributed by atoms with E-state index in [9.17, 15) is 4.39 Å². The van der Waals surface area contributed by atoms with Crippen molar-refractivity contribution in [3.8, 4) is 11.5 Å². The summed E-state index contributed by atoms with van der Waals surface area (Å²) >= 11 is 9.29. The molecule has 0 amide bonds. The minimum absolute atomic E-state index is 0.193. The summed E-state index contributed by atoms with van der Waals surface area (Å²) in [6.07, 6.45) is 0. The lowest BCUT2D eigenvalue weighted by molar-refractivity contribution is 0.437. The van der Waals surface area contributed by atoms with Gasteiger partial charge in [-0.15, -0.1) is 11.6 Å². The number of rotatable bonds is 3. The number of halogens is 3. The third-order valence-corrected chi connectivity index (χ3v) is 4.36. The van der Waals surface area contributed by atoms with Gasteiger partial charge in [-0.3, -0.25) is 0 Å². The monoisotopic (exact) mass is 342 g/mol. The average molecular weight is 344 g/mol. The lowest BCUT2D eigenvalue weighted by Gasteiger charge is -2.13. The number of hydrogen-bond donors (Lipinski definition) is 0. The van der Waals surface area contributed by atoms with Crippen molar-refractivity contribution < 1.29 is 9.13 Å². The fraction of sp³-hybridized carbons (Fsp3) is 0.200. The summed E-state index contributed by atoms with van der Waals surface area (Å²) < 4.78 is 20.5. The Labute approximate surface area is 125 Å². The SMILES string of the molecule is Cc1cc(Oc2c(F)cccc2CCl)cc(C)c1Br. The lowest BCUT2D eigenvalue weighted by Crippen LogP contribution is -1.94. The molecule has 0 fully saturated rings. The highest BCUT2D eigenvalue weighted by atomic mass is 79.9. The van der Waals surface area contributed by atoms with Crippen LogP contribution in [-0.4, -0.2) is 0 Å². The predicted octanol–water partition coefficient (Wildman–Crippen LogP) is 5.74. The standard InChI is InChI=1S/C15H13BrClFO/c1-9-6-12(7-10(2)14(9)16)19-15-11(8-17)4-3-5-13(15)18/h3-7H,8H2,1-2H3. The largest absolute Gasteiger partial charge is 0.454 e. The first-order valence-corrected chi connectivity index (χ1v) is 7.13. The maximum Gasteiger partial charge on any atom is 0.167 e. The number of alkyl halides is 1. The van der Waals surface area contributed by atoms with Crippen LogP contribution < -0.4 is 4.74 Å². The van der Waals surface area contributed by atoms with Gasteiger partial charge in [-0.2, -0.15) is 0 Å². The molecule has 0 spiro atoms. The van der Waals surface area contributed by atoms with Gasteiger partial charge in [0.25, 0.3) is 0 Å². The first-order chi connectivity index (χ1) is 9.02. The minimum atomic E-state index is -0.406. The van der Waals surface area contributed by atoms with Gasteiger partial charge in [-0.25, -0.2) is 4.39 Å². The summed E-state index contributed by atoms with van der Waals surface area (Å²) in [7, 11) is 0. The van der Waals surface area contributed by atoms with Gasteiger partial charge in [-0.1, -0.05) is 28.1 Å². The molecular weight excluding hydrogens is 331 g/mol. The Bertz CT molecular complexity index is 590. The number of para-hydroxylation sites is 1. The van der Waals surface area contributed by atoms with E-state index in [1.54, 1.807) is 12.1 Å². The summed E-state index contributed by atoms with van der Waals surface area (Å²) in [4.78, 5) is 0. The fourth-order valence-corrected chi connectivity index (χ4v) is 2.30. The molecule has 1 nitrogen and oxygen atoms in total. The zero-order chi connectivity index (χ0) is 14.0. The van der Waals surface area contributed by atoms with Crippen molar-refractivity contribution in [1.29, 1.82) is 0 Å². The van der Waals surface area contributed by atoms with Crippen LogP contribution in [0.15, 0.2) is 34.8 Å². The zero-order valence-corrected chi connectivity index (χ0v) is 13.0. The molecule has 0 saturated heterocycles. The van der Waals surface area contributed by atoms with Crippen LogP contribution in [0.3, 0.4) is 0 Å². The third-order valence-electron chi connectivity index (χ3n) is 2.82. The van der Waals surface area contributed by atoms with Gasteiger partial charge in [0, 0.05) is 10.0 Å². The Hall–Kier alpha value is -1.06. The molecule has 0 aliphatic carbocycles. The molecule has 19 heavy (non-hydrogen) atoms. The van der Waals surface area contributed by atoms with Crippen molar-refractivity contribution in [3.05, 3.63) is 57.3 Å². The van der Waals surface area contributed by atoms with E-state index in [2.05, 4.69) is 15.9 Å². The first-order valence-electron chi connectivity index (χ1n) is 5.81. The highest BCUT2D eigenvalue weighted by molar-refractivity contribution is 9.10. The molecule has 0 heterocycles. The minimum Gasteiger partial charge on any atom is -0.454 e. The number of benzene rings is 2. The Morgan fingerprint density at radius 2 is 1.84 bits per heavy atom. The van der Waals surface area contributed by atoms with Gasteiger partial charge in [0.2, 0.25) is 0 Å². The second-order valence-electron chi connectivity index (χ2n) is 4.33. The first kappa shape index (κ1) is 14.4. The van der Waals surface area contributed by atoms with Crippen LogP contribution in [0.2, 0.25) is 0 Å². The van der Waals surface area contributed by atoms with Crippen LogP contribution in [0.25, 0.3) is 0 Å². The van der Waals surface area contributed by atoms with E-state index in [0.717, 1.165) is 15.6 Å². The van der Waals surface area contributed by atoms with Gasteiger partial charge in [0.05, 0.1) is 5.88 Å². The Kier molecular flexibility index (Phi) is 4.48. The average Bonchev–Trinajstić information content (AvgIpc) is 2.38. The Morgan fingerprint density at radius 3 is 2.42 bits per heavy atom. The molecule has 0 atom stereocenters. The van der Waals surface area contributed by atoms with Crippen molar-refractivity contribution in [2.24, 2.45) is 0 Å². The van der Waals surface area contributed by atoms with E-state index < -0.39 is 5.82 Å². The summed E-state index contributed by atoms with van der Waals surface area (Å²) in [6, 6.07) is 8.47. The quantitative estimate of drug-likeness (QED) is 0.646. The maximum atomic E-state index is 13.8. The molecular formula is C15H13BrClFO. The van der Waals surface area contributed by atoms with Gasteiger partial charge in [0.15, 0.2) is 11.6 Å². The van der Waals surface area contributed by atoms with Crippen LogP contribution >= 0.6 is 27.5 Å². The van der Waals surface area contributed by atoms with E-state index >= 15 is 0 Å². The van der Waals surface area contributed by atoms with Crippen LogP contribution in [0.5, 0.6) is 11.5 Å². The molecule has 2 rings (SSSR count). The van der Waals surface area contributed by atoms with E-state index in [-0.39, 0.29) is 11.6 Å². The molecule has 0 aromatic heterocycles. The van der Waals surface area contributed by atoms with E-state index in [0.29, 0.717) is 11.3 Å². The molecule has 0 aliphatic heterocycles. The van der Waals surface area contributed by atoms with Gasteiger partial charge < -0.3 is 4.74 Å². The smallest absolute Gasteiger partial charge is 0.167 e. The van der Waals surface area contributed by atoms with Crippen molar-refractivity contribution in [3.63, 3.8) is 0 Å². The summed E-state index contributed by atoms with van der Waals surface area (Å²) in [5.74, 6) is 0.603. The normalized spacial score (nSPS) is 10.6. The molecule has 2 aromatic carbocycles. The molecule has 0 N–H and O–H groups in total. The van der Waals surface area contributed by atoms with Crippen molar-refractivity contribution >= 4 is 27.5 Å². The molecule has 0 aliphatic rings. The lowest BCUT2D eigenvalue weighted by atomic mass is 10.1. The zero-order valence-electron chi connectivity index (χ0n) is 10.6. The summed E-state index contributed by atoms with van der Waals surface area (Å²) in [5.41, 5.74) is 2.72. The molecule has 0 radical (unpaired) electrons. The van der Waals surface area contributed by atoms with E-state index in [4.69, 9.17) is 16.3 Å². The van der Waals surface area contributed by atoms with Crippen molar-refractivity contribution in [1.82, 2.24) is 0 Å².